The highest BCUT2D eigenvalue weighted by Crippen LogP contribution is 2.34. The zero-order chi connectivity index (χ0) is 15.7. The predicted molar refractivity (Wildman–Crippen MR) is 89.5 cm³/mol. The molecule has 1 heterocycles. The van der Waals surface area contributed by atoms with Crippen LogP contribution in [0.1, 0.15) is 24.5 Å². The Morgan fingerprint density at radius 2 is 1.86 bits per heavy atom. The van der Waals surface area contributed by atoms with Gasteiger partial charge in [0.1, 0.15) is 0 Å². The van der Waals surface area contributed by atoms with Gasteiger partial charge in [0.2, 0.25) is 0 Å². The molecule has 0 bridgehead atoms. The molecule has 1 aliphatic heterocycles. The third-order valence-electron chi connectivity index (χ3n) is 4.16. The fourth-order valence-electron chi connectivity index (χ4n) is 2.89. The summed E-state index contributed by atoms with van der Waals surface area (Å²) in [5, 5.41) is 0. The van der Waals surface area contributed by atoms with Crippen LogP contribution < -0.4 is 10.0 Å². The zero-order valence-electron chi connectivity index (χ0n) is 12.6. The molecule has 2 aromatic rings. The molecule has 0 unspecified atom stereocenters. The topological polar surface area (TPSA) is 63.4 Å². The number of hydrogen-bond donors (Lipinski definition) is 1. The molecule has 0 radical (unpaired) electrons. The third-order valence-corrected chi connectivity index (χ3v) is 5.99. The number of sulfonamides is 1. The van der Waals surface area contributed by atoms with Gasteiger partial charge in [-0.05, 0) is 54.7 Å². The van der Waals surface area contributed by atoms with Crippen LogP contribution in [0.3, 0.4) is 0 Å². The largest absolute Gasteiger partial charge is 0.398 e. The number of fused-ring (bicyclic) bond motifs is 1. The van der Waals surface area contributed by atoms with Gasteiger partial charge in [-0.1, -0.05) is 25.1 Å². The minimum Gasteiger partial charge on any atom is -0.398 e. The zero-order valence-corrected chi connectivity index (χ0v) is 13.4. The summed E-state index contributed by atoms with van der Waals surface area (Å²) in [7, 11) is -3.54. The van der Waals surface area contributed by atoms with E-state index in [1.165, 1.54) is 4.31 Å². The number of aryl methyl sites for hydroxylation is 1. The summed E-state index contributed by atoms with van der Waals surface area (Å²) in [4.78, 5) is 0.333. The number of nitrogens with zero attached hydrogens (tertiary/aromatic N) is 1. The summed E-state index contributed by atoms with van der Waals surface area (Å²) >= 11 is 0. The van der Waals surface area contributed by atoms with Crippen LogP contribution in [-0.4, -0.2) is 15.0 Å². The van der Waals surface area contributed by atoms with E-state index in [9.17, 15) is 8.42 Å². The molecule has 1 aliphatic rings. The van der Waals surface area contributed by atoms with Crippen molar-refractivity contribution < 1.29 is 8.42 Å². The molecule has 0 saturated carbocycles. The van der Waals surface area contributed by atoms with Crippen molar-refractivity contribution in [3.8, 4) is 0 Å². The van der Waals surface area contributed by atoms with Crippen molar-refractivity contribution in [1.82, 2.24) is 0 Å². The Morgan fingerprint density at radius 3 is 2.55 bits per heavy atom. The van der Waals surface area contributed by atoms with E-state index in [2.05, 4.69) is 0 Å². The van der Waals surface area contributed by atoms with Crippen LogP contribution in [0.25, 0.3) is 0 Å². The number of nitrogen functional groups attached to an aromatic ring is 1. The van der Waals surface area contributed by atoms with Gasteiger partial charge in [-0.3, -0.25) is 4.31 Å². The molecule has 0 atom stereocenters. The van der Waals surface area contributed by atoms with Gasteiger partial charge >= 0.3 is 0 Å². The van der Waals surface area contributed by atoms with E-state index in [1.807, 2.05) is 37.3 Å². The molecule has 5 heteroatoms. The van der Waals surface area contributed by atoms with Crippen LogP contribution in [0.4, 0.5) is 11.4 Å². The fourth-order valence-corrected chi connectivity index (χ4v) is 4.43. The molecule has 0 aliphatic carbocycles. The summed E-state index contributed by atoms with van der Waals surface area (Å²) in [6.45, 7) is 2.54. The second-order valence-electron chi connectivity index (χ2n) is 5.52. The molecule has 0 fully saturated rings. The normalized spacial score (nSPS) is 14.7. The molecule has 116 valence electrons. The lowest BCUT2D eigenvalue weighted by molar-refractivity contribution is 0.586. The van der Waals surface area contributed by atoms with E-state index < -0.39 is 10.0 Å². The Bertz CT molecular complexity index is 783. The first-order chi connectivity index (χ1) is 10.5. The van der Waals surface area contributed by atoms with Gasteiger partial charge in [0, 0.05) is 12.2 Å². The second kappa shape index (κ2) is 5.65. The van der Waals surface area contributed by atoms with Gasteiger partial charge < -0.3 is 5.73 Å². The smallest absolute Gasteiger partial charge is 0.264 e. The van der Waals surface area contributed by atoms with E-state index in [-0.39, 0.29) is 0 Å². The monoisotopic (exact) mass is 316 g/mol. The van der Waals surface area contributed by atoms with Gasteiger partial charge in [-0.25, -0.2) is 8.42 Å². The standard InChI is InChI=1S/C17H20N2O2S/c1-2-13-8-10-14(11-9-13)22(20,21)19-12-4-5-15-16(18)6-3-7-17(15)19/h3,6-11H,2,4-5,12,18H2,1H3. The number of nitrogens with two attached hydrogens (primary N) is 1. The van der Waals surface area contributed by atoms with Gasteiger partial charge in [0.15, 0.2) is 0 Å². The van der Waals surface area contributed by atoms with Crippen LogP contribution in [0.2, 0.25) is 0 Å². The van der Waals surface area contributed by atoms with Crippen molar-refractivity contribution in [1.29, 1.82) is 0 Å². The first-order valence-corrected chi connectivity index (χ1v) is 8.97. The quantitative estimate of drug-likeness (QED) is 0.886. The summed E-state index contributed by atoms with van der Waals surface area (Å²) in [6.07, 6.45) is 2.50. The van der Waals surface area contributed by atoms with E-state index in [0.29, 0.717) is 22.8 Å². The average molecular weight is 316 g/mol. The summed E-state index contributed by atoms with van der Waals surface area (Å²) in [6, 6.07) is 12.6. The number of hydrogen-bond acceptors (Lipinski definition) is 3. The van der Waals surface area contributed by atoms with E-state index >= 15 is 0 Å². The molecule has 0 saturated heterocycles. The minimum atomic E-state index is -3.54. The van der Waals surface area contributed by atoms with Crippen LogP contribution in [0, 0.1) is 0 Å². The molecule has 4 nitrogen and oxygen atoms in total. The predicted octanol–water partition coefficient (Wildman–Crippen LogP) is 2.97. The molecular formula is C17H20N2O2S. The van der Waals surface area contributed by atoms with Crippen LogP contribution >= 0.6 is 0 Å². The van der Waals surface area contributed by atoms with Crippen LogP contribution in [0.15, 0.2) is 47.4 Å². The molecular weight excluding hydrogens is 296 g/mol. The highest BCUT2D eigenvalue weighted by molar-refractivity contribution is 7.92. The number of anilines is 2. The summed E-state index contributed by atoms with van der Waals surface area (Å²) in [5.41, 5.74) is 9.44. The van der Waals surface area contributed by atoms with Crippen molar-refractivity contribution in [3.05, 3.63) is 53.6 Å². The third kappa shape index (κ3) is 2.46. The molecule has 0 amide bonds. The number of benzene rings is 2. The second-order valence-corrected chi connectivity index (χ2v) is 7.39. The Labute approximate surface area is 131 Å². The van der Waals surface area contributed by atoms with E-state index in [4.69, 9.17) is 5.73 Å². The molecule has 0 spiro atoms. The first-order valence-electron chi connectivity index (χ1n) is 7.53. The molecule has 22 heavy (non-hydrogen) atoms. The Morgan fingerprint density at radius 1 is 1.14 bits per heavy atom. The lowest BCUT2D eigenvalue weighted by atomic mass is 10.0. The maximum absolute atomic E-state index is 12.9. The van der Waals surface area contributed by atoms with Gasteiger partial charge in [-0.15, -0.1) is 0 Å². The highest BCUT2D eigenvalue weighted by Gasteiger charge is 2.29. The summed E-state index contributed by atoms with van der Waals surface area (Å²) in [5.74, 6) is 0. The van der Waals surface area contributed by atoms with Crippen molar-refractivity contribution >= 4 is 21.4 Å². The number of rotatable bonds is 3. The first kappa shape index (κ1) is 14.9. The Kier molecular flexibility index (Phi) is 3.83. The van der Waals surface area contributed by atoms with Crippen LogP contribution in [0.5, 0.6) is 0 Å². The lowest BCUT2D eigenvalue weighted by Gasteiger charge is -2.31. The molecule has 0 aromatic heterocycles. The lowest BCUT2D eigenvalue weighted by Crippen LogP contribution is -2.35. The minimum absolute atomic E-state index is 0.333. The van der Waals surface area contributed by atoms with E-state index in [1.54, 1.807) is 12.1 Å². The average Bonchev–Trinajstić information content (AvgIpc) is 2.55. The van der Waals surface area contributed by atoms with Crippen LogP contribution in [-0.2, 0) is 22.9 Å². The Hall–Kier alpha value is -2.01. The van der Waals surface area contributed by atoms with Crippen molar-refractivity contribution in [3.63, 3.8) is 0 Å². The maximum atomic E-state index is 12.9. The maximum Gasteiger partial charge on any atom is 0.264 e. The molecule has 2 N–H and O–H groups in total. The molecule has 3 rings (SSSR count). The van der Waals surface area contributed by atoms with Gasteiger partial charge in [-0.2, -0.15) is 0 Å². The SMILES string of the molecule is CCc1ccc(S(=O)(=O)N2CCCc3c(N)cccc32)cc1. The fraction of sp³-hybridized carbons (Fsp3) is 0.294. The highest BCUT2D eigenvalue weighted by atomic mass is 32.2. The van der Waals surface area contributed by atoms with E-state index in [0.717, 1.165) is 30.4 Å². The van der Waals surface area contributed by atoms with Crippen molar-refractivity contribution in [2.45, 2.75) is 31.1 Å². The van der Waals surface area contributed by atoms with Gasteiger partial charge in [0.25, 0.3) is 10.0 Å². The van der Waals surface area contributed by atoms with Gasteiger partial charge in [0.05, 0.1) is 10.6 Å². The van der Waals surface area contributed by atoms with Crippen molar-refractivity contribution in [2.24, 2.45) is 0 Å². The Balaban J connectivity index is 2.05. The molecule has 2 aromatic carbocycles. The summed E-state index contributed by atoms with van der Waals surface area (Å²) < 4.78 is 27.4. The van der Waals surface area contributed by atoms with Crippen molar-refractivity contribution in [2.75, 3.05) is 16.6 Å².